The number of carbonyl (C=O) groups excluding carboxylic acids is 3. The van der Waals surface area contributed by atoms with Crippen LogP contribution in [0.2, 0.25) is 0 Å². The molecule has 2 unspecified atom stereocenters. The van der Waals surface area contributed by atoms with Crippen LogP contribution in [0.25, 0.3) is 10.8 Å². The number of likely N-dealkylation sites (tertiary alicyclic amines) is 1. The second-order valence-electron chi connectivity index (χ2n) is 9.19. The van der Waals surface area contributed by atoms with E-state index >= 15 is 0 Å². The zero-order valence-electron chi connectivity index (χ0n) is 20.9. The van der Waals surface area contributed by atoms with Crippen molar-refractivity contribution in [2.75, 3.05) is 39.3 Å². The third-order valence-corrected chi connectivity index (χ3v) is 7.37. The zero-order valence-corrected chi connectivity index (χ0v) is 21.7. The van der Waals surface area contributed by atoms with Gasteiger partial charge in [-0.1, -0.05) is 42.5 Å². The van der Waals surface area contributed by atoms with Gasteiger partial charge < -0.3 is 15.2 Å². The molecule has 1 aliphatic rings. The Balaban J connectivity index is 1.46. The Hall–Kier alpha value is -3.17. The first-order chi connectivity index (χ1) is 17.8. The summed E-state index contributed by atoms with van der Waals surface area (Å²) in [4.78, 5) is 37.7. The predicted octanol–water partition coefficient (Wildman–Crippen LogP) is 1.42. The van der Waals surface area contributed by atoms with Gasteiger partial charge in [-0.3, -0.25) is 23.5 Å². The number of ketones is 1. The molecule has 0 spiro atoms. The lowest BCUT2D eigenvalue weighted by molar-refractivity contribution is -0.127. The SMILES string of the molecule is CC(c1cccc2ccccc12)N1CCC(CN(CC(=O)NCC(=O)NCC(=O)CC#N)S(=O)[O-])CC1. The van der Waals surface area contributed by atoms with Gasteiger partial charge in [0.1, 0.15) is 0 Å². The van der Waals surface area contributed by atoms with Gasteiger partial charge in [-0.05, 0) is 55.1 Å². The van der Waals surface area contributed by atoms with E-state index in [0.29, 0.717) is 0 Å². The van der Waals surface area contributed by atoms with E-state index in [1.165, 1.54) is 16.3 Å². The minimum Gasteiger partial charge on any atom is -0.760 e. The lowest BCUT2D eigenvalue weighted by Crippen LogP contribution is -2.45. The Labute approximate surface area is 219 Å². The molecule has 0 bridgehead atoms. The third-order valence-electron chi connectivity index (χ3n) is 6.67. The molecule has 37 heavy (non-hydrogen) atoms. The minimum atomic E-state index is -2.58. The summed E-state index contributed by atoms with van der Waals surface area (Å²) in [7, 11) is 0. The number of nitriles is 1. The van der Waals surface area contributed by atoms with Crippen molar-refractivity contribution < 1.29 is 23.1 Å². The van der Waals surface area contributed by atoms with Gasteiger partial charge in [0.2, 0.25) is 11.8 Å². The molecule has 10 nitrogen and oxygen atoms in total. The van der Waals surface area contributed by atoms with Crippen molar-refractivity contribution in [3.05, 3.63) is 48.0 Å². The smallest absolute Gasteiger partial charge is 0.239 e. The number of fused-ring (bicyclic) bond motifs is 1. The predicted molar refractivity (Wildman–Crippen MR) is 138 cm³/mol. The van der Waals surface area contributed by atoms with E-state index in [4.69, 9.17) is 5.26 Å². The second kappa shape index (κ2) is 13.9. The second-order valence-corrected chi connectivity index (χ2v) is 10.1. The first kappa shape index (κ1) is 28.4. The van der Waals surface area contributed by atoms with Gasteiger partial charge in [0.15, 0.2) is 5.78 Å². The van der Waals surface area contributed by atoms with Crippen LogP contribution in [0.1, 0.15) is 37.8 Å². The van der Waals surface area contributed by atoms with Gasteiger partial charge in [-0.15, -0.1) is 0 Å². The van der Waals surface area contributed by atoms with Gasteiger partial charge in [0.05, 0.1) is 32.1 Å². The van der Waals surface area contributed by atoms with E-state index in [0.717, 1.165) is 30.2 Å². The van der Waals surface area contributed by atoms with Crippen molar-refractivity contribution in [2.45, 2.75) is 32.2 Å². The molecule has 0 aliphatic carbocycles. The van der Waals surface area contributed by atoms with Crippen molar-refractivity contribution in [3.63, 3.8) is 0 Å². The van der Waals surface area contributed by atoms with Crippen molar-refractivity contribution in [1.82, 2.24) is 19.8 Å². The van der Waals surface area contributed by atoms with Crippen LogP contribution >= 0.6 is 0 Å². The first-order valence-corrected chi connectivity index (χ1v) is 13.3. The van der Waals surface area contributed by atoms with Crippen LogP contribution in [0.3, 0.4) is 0 Å². The van der Waals surface area contributed by atoms with Crippen LogP contribution in [0, 0.1) is 17.2 Å². The van der Waals surface area contributed by atoms with Gasteiger partial charge >= 0.3 is 0 Å². The zero-order chi connectivity index (χ0) is 26.8. The van der Waals surface area contributed by atoms with Crippen LogP contribution in [-0.4, -0.2) is 74.8 Å². The molecule has 0 radical (unpaired) electrons. The van der Waals surface area contributed by atoms with E-state index in [1.807, 2.05) is 12.1 Å². The molecule has 3 rings (SSSR count). The van der Waals surface area contributed by atoms with Gasteiger partial charge in [-0.2, -0.15) is 5.26 Å². The number of carbonyl (C=O) groups is 3. The number of hydrogen-bond acceptors (Lipinski definition) is 7. The fourth-order valence-electron chi connectivity index (χ4n) is 4.61. The van der Waals surface area contributed by atoms with Crippen LogP contribution in [-0.2, 0) is 25.7 Å². The highest BCUT2D eigenvalue weighted by Gasteiger charge is 2.26. The molecule has 2 amide bonds. The van der Waals surface area contributed by atoms with Crippen molar-refractivity contribution in [1.29, 1.82) is 5.26 Å². The Bertz CT molecular complexity index is 1170. The van der Waals surface area contributed by atoms with E-state index in [9.17, 15) is 23.1 Å². The van der Waals surface area contributed by atoms with Gasteiger partial charge in [0, 0.05) is 23.9 Å². The topological polar surface area (TPSA) is 146 Å². The number of rotatable bonds is 12. The molecule has 1 saturated heterocycles. The minimum absolute atomic E-state index is 0.121. The molecule has 1 heterocycles. The van der Waals surface area contributed by atoms with Crippen molar-refractivity contribution in [2.24, 2.45) is 5.92 Å². The summed E-state index contributed by atoms with van der Waals surface area (Å²) in [6, 6.07) is 16.6. The summed E-state index contributed by atoms with van der Waals surface area (Å²) < 4.78 is 24.6. The summed E-state index contributed by atoms with van der Waals surface area (Å²) in [5.74, 6) is -1.52. The maximum absolute atomic E-state index is 12.2. The monoisotopic (exact) mass is 526 g/mol. The average molecular weight is 527 g/mol. The summed E-state index contributed by atoms with van der Waals surface area (Å²) in [5.41, 5.74) is 1.27. The molecule has 0 aromatic heterocycles. The molecule has 2 aromatic carbocycles. The number of benzene rings is 2. The average Bonchev–Trinajstić information content (AvgIpc) is 2.90. The number of piperidine rings is 1. The molecule has 0 saturated carbocycles. The molecule has 11 heteroatoms. The molecule has 198 valence electrons. The van der Waals surface area contributed by atoms with Crippen molar-refractivity contribution in [3.8, 4) is 6.07 Å². The molecule has 2 N–H and O–H groups in total. The molecular weight excluding hydrogens is 494 g/mol. The number of amides is 2. The first-order valence-electron chi connectivity index (χ1n) is 12.3. The molecule has 1 fully saturated rings. The molecule has 1 aliphatic heterocycles. The van der Waals surface area contributed by atoms with Crippen LogP contribution in [0.5, 0.6) is 0 Å². The Kier molecular flexibility index (Phi) is 10.7. The summed E-state index contributed by atoms with van der Waals surface area (Å²) >= 11 is -2.58. The lowest BCUT2D eigenvalue weighted by Gasteiger charge is -2.38. The normalized spacial score (nSPS) is 16.2. The number of nitrogens with zero attached hydrogens (tertiary/aromatic N) is 3. The number of nitrogens with one attached hydrogen (secondary N) is 2. The molecular formula is C26H32N5O5S-. The number of Topliss-reactive ketones (excluding diaryl/α,β-unsaturated/α-hetero) is 1. The highest BCUT2D eigenvalue weighted by Crippen LogP contribution is 2.31. The van der Waals surface area contributed by atoms with E-state index in [-0.39, 0.29) is 44.6 Å². The van der Waals surface area contributed by atoms with E-state index < -0.39 is 28.9 Å². The van der Waals surface area contributed by atoms with E-state index in [2.05, 4.69) is 52.8 Å². The Morgan fingerprint density at radius 1 is 1.11 bits per heavy atom. The number of hydrogen-bond donors (Lipinski definition) is 2. The largest absolute Gasteiger partial charge is 0.760 e. The quantitative estimate of drug-likeness (QED) is 0.398. The van der Waals surface area contributed by atoms with Gasteiger partial charge in [-0.25, -0.2) is 4.31 Å². The maximum atomic E-state index is 12.2. The van der Waals surface area contributed by atoms with E-state index in [1.54, 1.807) is 6.07 Å². The highest BCUT2D eigenvalue weighted by atomic mass is 32.2. The van der Waals surface area contributed by atoms with Crippen LogP contribution in [0.15, 0.2) is 42.5 Å². The summed E-state index contributed by atoms with van der Waals surface area (Å²) in [6.45, 7) is 3.01. The van der Waals surface area contributed by atoms with Crippen molar-refractivity contribution >= 4 is 39.6 Å². The highest BCUT2D eigenvalue weighted by molar-refractivity contribution is 7.76. The Morgan fingerprint density at radius 2 is 1.78 bits per heavy atom. The molecule has 2 aromatic rings. The molecule has 2 atom stereocenters. The lowest BCUT2D eigenvalue weighted by atomic mass is 9.93. The van der Waals surface area contributed by atoms with Crippen LogP contribution < -0.4 is 10.6 Å². The summed E-state index contributed by atoms with van der Waals surface area (Å²) in [6.07, 6.45) is 1.31. The Morgan fingerprint density at radius 3 is 2.49 bits per heavy atom. The third kappa shape index (κ3) is 8.43. The maximum Gasteiger partial charge on any atom is 0.239 e. The fourth-order valence-corrected chi connectivity index (χ4v) is 5.16. The van der Waals surface area contributed by atoms with Crippen LogP contribution in [0.4, 0.5) is 0 Å². The van der Waals surface area contributed by atoms with Gasteiger partial charge in [0.25, 0.3) is 0 Å². The fraction of sp³-hybridized carbons (Fsp3) is 0.462. The summed E-state index contributed by atoms with van der Waals surface area (Å²) in [5, 5.41) is 15.6. The standard InChI is InChI=1S/C26H33N5O5S/c1-19(23-8-4-6-21-5-2-3-7-24(21)23)30-13-10-20(11-14-30)17-31(37(35)36)18-26(34)29-16-25(33)28-15-22(32)9-12-27/h2-8,19-20H,9-11,13-18H2,1H3,(H,28,33)(H,29,34)(H,35,36)/p-1.